The van der Waals surface area contributed by atoms with Gasteiger partial charge in [-0.15, -0.1) is 0 Å². The molecule has 1 aliphatic rings. The number of nitriles is 1. The number of amides is 1. The molecule has 122 valence electrons. The van der Waals surface area contributed by atoms with Crippen molar-refractivity contribution in [1.29, 1.82) is 5.26 Å². The Labute approximate surface area is 144 Å². The normalized spacial score (nSPS) is 13.7. The van der Waals surface area contributed by atoms with Crippen molar-refractivity contribution in [3.63, 3.8) is 0 Å². The van der Waals surface area contributed by atoms with Crippen molar-refractivity contribution in [2.75, 3.05) is 13.2 Å². The Hall–Kier alpha value is -2.71. The highest BCUT2D eigenvalue weighted by Gasteiger charge is 2.20. The van der Waals surface area contributed by atoms with Crippen LogP contribution in [0.1, 0.15) is 34.5 Å². The van der Waals surface area contributed by atoms with Crippen molar-refractivity contribution >= 4 is 17.5 Å². The van der Waals surface area contributed by atoms with E-state index >= 15 is 0 Å². The van der Waals surface area contributed by atoms with Crippen molar-refractivity contribution in [3.05, 3.63) is 58.1 Å². The number of benzene rings is 2. The molecule has 0 radical (unpaired) electrons. The average Bonchev–Trinajstić information content (AvgIpc) is 2.61. The Morgan fingerprint density at radius 2 is 1.96 bits per heavy atom. The summed E-state index contributed by atoms with van der Waals surface area (Å²) in [6, 6.07) is 12.1. The van der Waals surface area contributed by atoms with Gasteiger partial charge in [0, 0.05) is 5.56 Å². The summed E-state index contributed by atoms with van der Waals surface area (Å²) in [5, 5.41) is 12.1. The predicted molar refractivity (Wildman–Crippen MR) is 89.5 cm³/mol. The number of carbonyl (C=O) groups is 1. The lowest BCUT2D eigenvalue weighted by Crippen LogP contribution is -2.27. The van der Waals surface area contributed by atoms with E-state index in [1.807, 2.05) is 19.1 Å². The highest BCUT2D eigenvalue weighted by atomic mass is 35.5. The molecule has 1 amide bonds. The van der Waals surface area contributed by atoms with Crippen LogP contribution < -0.4 is 14.8 Å². The first-order valence-electron chi connectivity index (χ1n) is 7.48. The molecule has 0 aliphatic carbocycles. The zero-order chi connectivity index (χ0) is 17.1. The van der Waals surface area contributed by atoms with Gasteiger partial charge in [-0.1, -0.05) is 23.7 Å². The van der Waals surface area contributed by atoms with Crippen molar-refractivity contribution < 1.29 is 14.3 Å². The van der Waals surface area contributed by atoms with E-state index in [-0.39, 0.29) is 11.9 Å². The molecular formula is C18H15ClN2O3. The number of hydrogen-bond acceptors (Lipinski definition) is 4. The molecule has 1 atom stereocenters. The maximum Gasteiger partial charge on any atom is 0.251 e. The molecule has 0 saturated carbocycles. The first-order chi connectivity index (χ1) is 11.6. The second-order valence-electron chi connectivity index (χ2n) is 5.41. The van der Waals surface area contributed by atoms with Crippen LogP contribution in [0.5, 0.6) is 11.5 Å². The van der Waals surface area contributed by atoms with Gasteiger partial charge >= 0.3 is 0 Å². The summed E-state index contributed by atoms with van der Waals surface area (Å²) in [5.74, 6) is 0.690. The van der Waals surface area contributed by atoms with Gasteiger partial charge in [-0.2, -0.15) is 5.26 Å². The molecular weight excluding hydrogens is 328 g/mol. The molecule has 2 aromatic carbocycles. The Bertz CT molecular complexity index is 812. The van der Waals surface area contributed by atoms with E-state index in [4.69, 9.17) is 26.3 Å². The van der Waals surface area contributed by atoms with Crippen LogP contribution in [0.3, 0.4) is 0 Å². The smallest absolute Gasteiger partial charge is 0.251 e. The van der Waals surface area contributed by atoms with Crippen LogP contribution in [-0.4, -0.2) is 19.1 Å². The molecule has 0 aromatic heterocycles. The van der Waals surface area contributed by atoms with Crippen LogP contribution in [0.4, 0.5) is 0 Å². The summed E-state index contributed by atoms with van der Waals surface area (Å²) >= 11 is 6.16. The summed E-state index contributed by atoms with van der Waals surface area (Å²) in [5.41, 5.74) is 1.90. The number of rotatable bonds is 3. The number of hydrogen-bond donors (Lipinski definition) is 1. The summed E-state index contributed by atoms with van der Waals surface area (Å²) in [6.45, 7) is 2.74. The lowest BCUT2D eigenvalue weighted by atomic mass is 10.1. The topological polar surface area (TPSA) is 71.3 Å². The standard InChI is InChI=1S/C18H15ClN2O3/c1-11(13-4-2-12(10-20)3-5-13)21-18(22)14-8-15(19)17-16(9-14)23-6-7-24-17/h2-5,8-9,11H,6-7H2,1H3,(H,21,22). The molecule has 0 spiro atoms. The van der Waals surface area contributed by atoms with Gasteiger partial charge < -0.3 is 14.8 Å². The lowest BCUT2D eigenvalue weighted by Gasteiger charge is -2.21. The van der Waals surface area contributed by atoms with E-state index in [9.17, 15) is 4.79 Å². The Balaban J connectivity index is 1.77. The molecule has 1 aliphatic heterocycles. The zero-order valence-electron chi connectivity index (χ0n) is 13.0. The average molecular weight is 343 g/mol. The molecule has 6 heteroatoms. The van der Waals surface area contributed by atoms with E-state index in [1.165, 1.54) is 0 Å². The lowest BCUT2D eigenvalue weighted by molar-refractivity contribution is 0.0938. The monoisotopic (exact) mass is 342 g/mol. The Morgan fingerprint density at radius 3 is 2.67 bits per heavy atom. The summed E-state index contributed by atoms with van der Waals surface area (Å²) < 4.78 is 10.9. The number of ether oxygens (including phenoxy) is 2. The van der Waals surface area contributed by atoms with E-state index in [2.05, 4.69) is 11.4 Å². The summed E-state index contributed by atoms with van der Waals surface area (Å²) in [6.07, 6.45) is 0. The summed E-state index contributed by atoms with van der Waals surface area (Å²) in [4.78, 5) is 12.5. The van der Waals surface area contributed by atoms with Gasteiger partial charge in [0.15, 0.2) is 11.5 Å². The molecule has 1 N–H and O–H groups in total. The fourth-order valence-electron chi connectivity index (χ4n) is 2.45. The number of halogens is 1. The third-order valence-corrected chi connectivity index (χ3v) is 4.03. The van der Waals surface area contributed by atoms with Crippen LogP contribution in [0.15, 0.2) is 36.4 Å². The van der Waals surface area contributed by atoms with Gasteiger partial charge in [-0.3, -0.25) is 4.79 Å². The van der Waals surface area contributed by atoms with E-state index in [1.54, 1.807) is 24.3 Å². The quantitative estimate of drug-likeness (QED) is 0.927. The number of carbonyl (C=O) groups excluding carboxylic acids is 1. The zero-order valence-corrected chi connectivity index (χ0v) is 13.8. The molecule has 1 heterocycles. The Morgan fingerprint density at radius 1 is 1.25 bits per heavy atom. The van der Waals surface area contributed by atoms with Gasteiger partial charge in [0.1, 0.15) is 13.2 Å². The molecule has 0 bridgehead atoms. The first kappa shape index (κ1) is 16.2. The molecule has 5 nitrogen and oxygen atoms in total. The molecule has 3 rings (SSSR count). The molecule has 0 saturated heterocycles. The minimum Gasteiger partial charge on any atom is -0.486 e. The predicted octanol–water partition coefficient (Wildman–Crippen LogP) is 3.47. The third-order valence-electron chi connectivity index (χ3n) is 3.75. The number of fused-ring (bicyclic) bond motifs is 1. The Kier molecular flexibility index (Phi) is 4.59. The van der Waals surface area contributed by atoms with Crippen LogP contribution >= 0.6 is 11.6 Å². The fraction of sp³-hybridized carbons (Fsp3) is 0.222. The molecule has 24 heavy (non-hydrogen) atoms. The second-order valence-corrected chi connectivity index (χ2v) is 5.82. The fourth-order valence-corrected chi connectivity index (χ4v) is 2.72. The second kappa shape index (κ2) is 6.81. The number of nitrogens with zero attached hydrogens (tertiary/aromatic N) is 1. The van der Waals surface area contributed by atoms with E-state index < -0.39 is 0 Å². The van der Waals surface area contributed by atoms with Crippen LogP contribution in [0, 0.1) is 11.3 Å². The van der Waals surface area contributed by atoms with Crippen molar-refractivity contribution in [1.82, 2.24) is 5.32 Å². The van der Waals surface area contributed by atoms with Crippen molar-refractivity contribution in [2.24, 2.45) is 0 Å². The van der Waals surface area contributed by atoms with Gasteiger partial charge in [0.25, 0.3) is 5.91 Å². The van der Waals surface area contributed by atoms with Crippen LogP contribution in [-0.2, 0) is 0 Å². The van der Waals surface area contributed by atoms with Gasteiger partial charge in [0.2, 0.25) is 0 Å². The number of nitrogens with one attached hydrogen (secondary N) is 1. The van der Waals surface area contributed by atoms with Gasteiger partial charge in [-0.25, -0.2) is 0 Å². The van der Waals surface area contributed by atoms with Crippen LogP contribution in [0.25, 0.3) is 0 Å². The van der Waals surface area contributed by atoms with E-state index in [0.717, 1.165) is 5.56 Å². The molecule has 2 aromatic rings. The maximum atomic E-state index is 12.5. The molecule has 1 unspecified atom stereocenters. The van der Waals surface area contributed by atoms with Crippen molar-refractivity contribution in [3.8, 4) is 17.6 Å². The van der Waals surface area contributed by atoms with Gasteiger partial charge in [0.05, 0.1) is 22.7 Å². The van der Waals surface area contributed by atoms with Gasteiger partial charge in [-0.05, 0) is 36.8 Å². The minimum atomic E-state index is -0.259. The van der Waals surface area contributed by atoms with E-state index in [0.29, 0.717) is 40.9 Å². The first-order valence-corrected chi connectivity index (χ1v) is 7.86. The highest BCUT2D eigenvalue weighted by molar-refractivity contribution is 6.32. The summed E-state index contributed by atoms with van der Waals surface area (Å²) in [7, 11) is 0. The van der Waals surface area contributed by atoms with Crippen LogP contribution in [0.2, 0.25) is 5.02 Å². The third kappa shape index (κ3) is 3.29. The maximum absolute atomic E-state index is 12.5. The highest BCUT2D eigenvalue weighted by Crippen LogP contribution is 2.38. The largest absolute Gasteiger partial charge is 0.486 e. The minimum absolute atomic E-state index is 0.211. The molecule has 0 fully saturated rings. The SMILES string of the molecule is CC(NC(=O)c1cc(Cl)c2c(c1)OCCO2)c1ccc(C#N)cc1. The van der Waals surface area contributed by atoms with Crippen molar-refractivity contribution in [2.45, 2.75) is 13.0 Å².